The molecule has 0 aliphatic heterocycles. The normalized spacial score (nSPS) is 11.1. The summed E-state index contributed by atoms with van der Waals surface area (Å²) in [6, 6.07) is 4.22. The molecule has 0 bridgehead atoms. The van der Waals surface area contributed by atoms with E-state index in [0.717, 1.165) is 12.1 Å². The highest BCUT2D eigenvalue weighted by Gasteiger charge is 2.30. The Hall–Kier alpha value is -1.17. The fourth-order valence-electron chi connectivity index (χ4n) is 0.807. The molecule has 2 nitrogen and oxygen atoms in total. The summed E-state index contributed by atoms with van der Waals surface area (Å²) in [4.78, 5) is 0. The van der Waals surface area contributed by atoms with Crippen LogP contribution in [0.2, 0.25) is 0 Å². The fourth-order valence-corrected chi connectivity index (χ4v) is 0.807. The van der Waals surface area contributed by atoms with Crippen LogP contribution in [-0.2, 0) is 6.18 Å². The van der Waals surface area contributed by atoms with Crippen molar-refractivity contribution in [2.24, 2.45) is 0 Å². The van der Waals surface area contributed by atoms with E-state index >= 15 is 0 Å². The molecule has 0 atom stereocenters. The number of alkyl halides is 3. The van der Waals surface area contributed by atoms with Crippen molar-refractivity contribution < 1.29 is 22.8 Å². The van der Waals surface area contributed by atoms with Gasteiger partial charge in [0.25, 0.3) is 0 Å². The van der Waals surface area contributed by atoms with Gasteiger partial charge in [0.05, 0.1) is 5.56 Å². The highest BCUT2D eigenvalue weighted by Crippen LogP contribution is 2.31. The molecule has 1 aromatic carbocycles. The smallest absolute Gasteiger partial charge is 0.537 e. The predicted octanol–water partition coefficient (Wildman–Crippen LogP) is 1.61. The minimum Gasteiger partial charge on any atom is -0.537 e. The van der Waals surface area contributed by atoms with E-state index in [4.69, 9.17) is 5.02 Å². The molecule has 0 saturated heterocycles. The molecule has 0 saturated carbocycles. The highest BCUT2D eigenvalue weighted by atomic mass is 19.4. The zero-order valence-electron chi connectivity index (χ0n) is 6.38. The van der Waals surface area contributed by atoms with Gasteiger partial charge in [-0.2, -0.15) is 13.2 Å². The van der Waals surface area contributed by atoms with Crippen molar-refractivity contribution in [2.75, 3.05) is 0 Å². The van der Waals surface area contributed by atoms with Crippen molar-refractivity contribution in [3.05, 3.63) is 29.8 Å². The van der Waals surface area contributed by atoms with Crippen LogP contribution in [0.1, 0.15) is 5.56 Å². The maximum atomic E-state index is 12.1. The van der Waals surface area contributed by atoms with Gasteiger partial charge in [0.2, 0.25) is 0 Å². The molecule has 13 heavy (non-hydrogen) atoms. The van der Waals surface area contributed by atoms with Crippen molar-refractivity contribution in [3.63, 3.8) is 0 Å². The maximum Gasteiger partial charge on any atom is 0.569 e. The van der Waals surface area contributed by atoms with Crippen LogP contribution in [0.25, 0.3) is 0 Å². The molecule has 0 aliphatic rings. The van der Waals surface area contributed by atoms with Crippen LogP contribution < -0.4 is 4.65 Å². The van der Waals surface area contributed by atoms with Gasteiger partial charge >= 0.3 is 13.9 Å². The zero-order valence-corrected chi connectivity index (χ0v) is 6.38. The van der Waals surface area contributed by atoms with Crippen LogP contribution >= 0.6 is 0 Å². The maximum absolute atomic E-state index is 12.1. The summed E-state index contributed by atoms with van der Waals surface area (Å²) >= 11 is 0. The lowest BCUT2D eigenvalue weighted by atomic mass is 10.2. The Labute approximate surface area is 73.3 Å². The summed E-state index contributed by atoms with van der Waals surface area (Å²) in [6.45, 7) is 0. The quantitative estimate of drug-likeness (QED) is 0.716. The molecule has 1 rings (SSSR count). The highest BCUT2D eigenvalue weighted by molar-refractivity contribution is 6.17. The SMILES string of the molecule is O[B]Oc1cccc(C(F)(F)F)c1. The number of halogens is 3. The molecular weight excluding hydrogens is 184 g/mol. The van der Waals surface area contributed by atoms with Gasteiger partial charge in [-0.25, -0.2) is 0 Å². The summed E-state index contributed by atoms with van der Waals surface area (Å²) in [5.74, 6) is -0.0580. The van der Waals surface area contributed by atoms with Crippen molar-refractivity contribution in [2.45, 2.75) is 6.18 Å². The van der Waals surface area contributed by atoms with Gasteiger partial charge in [-0.3, -0.25) is 0 Å². The van der Waals surface area contributed by atoms with Gasteiger partial charge in [0.1, 0.15) is 5.75 Å². The van der Waals surface area contributed by atoms with Crippen LogP contribution in [0.4, 0.5) is 13.2 Å². The van der Waals surface area contributed by atoms with Crippen LogP contribution in [0, 0.1) is 0 Å². The van der Waals surface area contributed by atoms with Crippen LogP contribution in [-0.4, -0.2) is 12.7 Å². The van der Waals surface area contributed by atoms with Gasteiger partial charge in [0, 0.05) is 0 Å². The molecule has 1 N–H and O–H groups in total. The second kappa shape index (κ2) is 3.70. The van der Waals surface area contributed by atoms with E-state index < -0.39 is 11.7 Å². The van der Waals surface area contributed by atoms with Crippen LogP contribution in [0.15, 0.2) is 24.3 Å². The average Bonchev–Trinajstić information content (AvgIpc) is 2.04. The van der Waals surface area contributed by atoms with Gasteiger partial charge in [-0.15, -0.1) is 0 Å². The molecule has 0 aliphatic carbocycles. The van der Waals surface area contributed by atoms with E-state index in [0.29, 0.717) is 7.69 Å². The third-order valence-electron chi connectivity index (χ3n) is 1.35. The summed E-state index contributed by atoms with van der Waals surface area (Å²) in [5.41, 5.74) is -0.813. The first-order valence-corrected chi connectivity index (χ1v) is 3.34. The Kier molecular flexibility index (Phi) is 2.82. The summed E-state index contributed by atoms with van der Waals surface area (Å²) < 4.78 is 40.6. The Morgan fingerprint density at radius 3 is 2.54 bits per heavy atom. The molecule has 0 fully saturated rings. The van der Waals surface area contributed by atoms with E-state index in [1.54, 1.807) is 0 Å². The summed E-state index contributed by atoms with van der Waals surface area (Å²) in [5, 5.41) is 8.18. The third kappa shape index (κ3) is 2.66. The molecule has 1 aromatic rings. The second-order valence-corrected chi connectivity index (χ2v) is 2.25. The van der Waals surface area contributed by atoms with Crippen molar-refractivity contribution >= 4 is 7.69 Å². The first-order chi connectivity index (χ1) is 6.04. The standard InChI is InChI=1S/C7H5BF3O2/c9-7(10,11)5-2-1-3-6(4-5)13-8-12/h1-4,12H. The first kappa shape index (κ1) is 9.92. The molecule has 0 unspecified atom stereocenters. The fraction of sp³-hybridized carbons (Fsp3) is 0.143. The van der Waals surface area contributed by atoms with Gasteiger partial charge in [0.15, 0.2) is 0 Å². The molecule has 6 heteroatoms. The zero-order chi connectivity index (χ0) is 9.90. The van der Waals surface area contributed by atoms with Gasteiger partial charge < -0.3 is 9.68 Å². The predicted molar refractivity (Wildman–Crippen MR) is 40.0 cm³/mol. The molecule has 1 radical (unpaired) electrons. The number of benzene rings is 1. The number of hydrogen-bond donors (Lipinski definition) is 1. The minimum atomic E-state index is -4.39. The third-order valence-corrected chi connectivity index (χ3v) is 1.35. The summed E-state index contributed by atoms with van der Waals surface area (Å²) in [7, 11) is 0.329. The Morgan fingerprint density at radius 1 is 1.31 bits per heavy atom. The van der Waals surface area contributed by atoms with Gasteiger partial charge in [-0.1, -0.05) is 6.07 Å². The van der Waals surface area contributed by atoms with Crippen molar-refractivity contribution in [1.82, 2.24) is 0 Å². The van der Waals surface area contributed by atoms with Gasteiger partial charge in [-0.05, 0) is 18.2 Å². The van der Waals surface area contributed by atoms with E-state index in [1.807, 2.05) is 0 Å². The summed E-state index contributed by atoms with van der Waals surface area (Å²) in [6.07, 6.45) is -4.39. The molecule has 0 spiro atoms. The monoisotopic (exact) mass is 189 g/mol. The largest absolute Gasteiger partial charge is 0.569 e. The van der Waals surface area contributed by atoms with Crippen molar-refractivity contribution in [1.29, 1.82) is 0 Å². The Bertz CT molecular complexity index is 287. The lowest BCUT2D eigenvalue weighted by molar-refractivity contribution is -0.137. The topological polar surface area (TPSA) is 29.5 Å². The van der Waals surface area contributed by atoms with Crippen LogP contribution in [0.3, 0.4) is 0 Å². The van der Waals surface area contributed by atoms with Crippen LogP contribution in [0.5, 0.6) is 5.75 Å². The lowest BCUT2D eigenvalue weighted by Crippen LogP contribution is -2.06. The van der Waals surface area contributed by atoms with E-state index in [1.165, 1.54) is 12.1 Å². The molecule has 69 valence electrons. The molecular formula is C7H5BF3O2. The van der Waals surface area contributed by atoms with E-state index in [9.17, 15) is 13.2 Å². The molecule has 0 aromatic heterocycles. The van der Waals surface area contributed by atoms with E-state index in [2.05, 4.69) is 4.65 Å². The van der Waals surface area contributed by atoms with Crippen molar-refractivity contribution in [3.8, 4) is 5.75 Å². The number of rotatable bonds is 2. The molecule has 0 amide bonds. The Balaban J connectivity index is 2.92. The van der Waals surface area contributed by atoms with E-state index in [-0.39, 0.29) is 5.75 Å². The first-order valence-electron chi connectivity index (χ1n) is 3.34. The average molecular weight is 189 g/mol. The Morgan fingerprint density at radius 2 is 2.00 bits per heavy atom. The lowest BCUT2D eigenvalue weighted by Gasteiger charge is -2.08. The molecule has 0 heterocycles. The minimum absolute atomic E-state index is 0.0580. The second-order valence-electron chi connectivity index (χ2n) is 2.25. The number of hydrogen-bond acceptors (Lipinski definition) is 2.